The zero-order chi connectivity index (χ0) is 22.9. The average Bonchev–Trinajstić information content (AvgIpc) is 3.25. The summed E-state index contributed by atoms with van der Waals surface area (Å²) in [7, 11) is -3.92. The fourth-order valence-electron chi connectivity index (χ4n) is 3.85. The highest BCUT2D eigenvalue weighted by atomic mass is 35.5. The Morgan fingerprint density at radius 3 is 2.62 bits per heavy atom. The molecule has 32 heavy (non-hydrogen) atoms. The van der Waals surface area contributed by atoms with Crippen LogP contribution >= 0.6 is 11.6 Å². The maximum Gasteiger partial charge on any atom is 0.261 e. The monoisotopic (exact) mass is 473 g/mol. The molecular formula is C23H24ClN3O4S. The first-order valence-electron chi connectivity index (χ1n) is 10.3. The van der Waals surface area contributed by atoms with Crippen molar-refractivity contribution in [3.8, 4) is 5.75 Å². The number of carbonyl (C=O) groups is 1. The molecule has 1 aliphatic rings. The van der Waals surface area contributed by atoms with Crippen molar-refractivity contribution < 1.29 is 17.9 Å². The van der Waals surface area contributed by atoms with Gasteiger partial charge >= 0.3 is 0 Å². The minimum atomic E-state index is -3.92. The maximum atomic E-state index is 13.3. The number of nitrogens with zero attached hydrogens (tertiary/aromatic N) is 2. The topological polar surface area (TPSA) is 80.6 Å². The number of aromatic nitrogens is 1. The molecule has 7 nitrogen and oxygen atoms in total. The summed E-state index contributed by atoms with van der Waals surface area (Å²) in [5, 5.41) is 0.211. The summed E-state index contributed by atoms with van der Waals surface area (Å²) in [5.41, 5.74) is 1.58. The van der Waals surface area contributed by atoms with Gasteiger partial charge in [-0.3, -0.25) is 9.52 Å². The predicted octanol–water partition coefficient (Wildman–Crippen LogP) is 4.56. The van der Waals surface area contributed by atoms with Crippen LogP contribution in [0, 0.1) is 0 Å². The summed E-state index contributed by atoms with van der Waals surface area (Å²) in [6, 6.07) is 14.6. The molecule has 1 amide bonds. The van der Waals surface area contributed by atoms with E-state index in [-0.39, 0.29) is 27.4 Å². The van der Waals surface area contributed by atoms with Gasteiger partial charge in [-0.25, -0.2) is 8.42 Å². The summed E-state index contributed by atoms with van der Waals surface area (Å²) in [4.78, 5) is 15.0. The van der Waals surface area contributed by atoms with Gasteiger partial charge < -0.3 is 14.2 Å². The van der Waals surface area contributed by atoms with E-state index in [1.807, 2.05) is 32.2 Å². The van der Waals surface area contributed by atoms with Crippen molar-refractivity contribution in [1.29, 1.82) is 0 Å². The Bertz CT molecular complexity index is 1240. The van der Waals surface area contributed by atoms with Crippen LogP contribution in [0.2, 0.25) is 5.02 Å². The molecule has 0 saturated carbocycles. The molecule has 0 saturated heterocycles. The summed E-state index contributed by atoms with van der Waals surface area (Å²) < 4.78 is 35.9. The lowest BCUT2D eigenvalue weighted by atomic mass is 10.1. The van der Waals surface area contributed by atoms with Crippen molar-refractivity contribution in [3.63, 3.8) is 0 Å². The summed E-state index contributed by atoms with van der Waals surface area (Å²) in [5.74, 6) is 0.352. The molecule has 0 fully saturated rings. The first kappa shape index (κ1) is 22.2. The quantitative estimate of drug-likeness (QED) is 0.569. The van der Waals surface area contributed by atoms with Gasteiger partial charge in [-0.05, 0) is 68.4 Å². The van der Waals surface area contributed by atoms with Crippen molar-refractivity contribution in [2.75, 3.05) is 17.9 Å². The number of benzene rings is 2. The van der Waals surface area contributed by atoms with E-state index in [4.69, 9.17) is 16.3 Å². The fraction of sp³-hybridized carbons (Fsp3) is 0.261. The molecule has 1 atom stereocenters. The van der Waals surface area contributed by atoms with Gasteiger partial charge in [-0.1, -0.05) is 11.6 Å². The molecule has 0 bridgehead atoms. The van der Waals surface area contributed by atoms with Gasteiger partial charge in [0.1, 0.15) is 5.75 Å². The molecule has 2 aromatic carbocycles. The van der Waals surface area contributed by atoms with E-state index in [0.29, 0.717) is 31.1 Å². The van der Waals surface area contributed by atoms with Gasteiger partial charge in [0.05, 0.1) is 28.1 Å². The molecule has 9 heteroatoms. The van der Waals surface area contributed by atoms with E-state index in [2.05, 4.69) is 9.29 Å². The molecule has 0 aliphatic carbocycles. The Labute approximate surface area is 192 Å². The standard InChI is InChI=1S/C23H24ClN3O4S/c1-3-31-18-8-6-17(7-9-18)25-32(29,30)19-10-11-21(24)20(15-19)23(28)27-14-13-26-12-4-5-22(26)16(27)2/h4-12,15-16,25H,3,13-14H2,1-2H3. The Morgan fingerprint density at radius 2 is 1.91 bits per heavy atom. The smallest absolute Gasteiger partial charge is 0.261 e. The number of carbonyl (C=O) groups excluding carboxylic acids is 1. The molecule has 168 valence electrons. The van der Waals surface area contributed by atoms with Crippen LogP contribution in [-0.2, 0) is 16.6 Å². The van der Waals surface area contributed by atoms with E-state index >= 15 is 0 Å². The highest BCUT2D eigenvalue weighted by molar-refractivity contribution is 7.92. The van der Waals surface area contributed by atoms with Gasteiger partial charge in [-0.15, -0.1) is 0 Å². The molecule has 0 spiro atoms. The normalized spacial score (nSPS) is 15.8. The van der Waals surface area contributed by atoms with Crippen molar-refractivity contribution in [3.05, 3.63) is 77.1 Å². The van der Waals surface area contributed by atoms with Crippen LogP contribution in [0.4, 0.5) is 5.69 Å². The SMILES string of the molecule is CCOc1ccc(NS(=O)(=O)c2ccc(Cl)c(C(=O)N3CCn4cccc4C3C)c2)cc1. The van der Waals surface area contributed by atoms with Crippen molar-refractivity contribution in [1.82, 2.24) is 9.47 Å². The number of fused-ring (bicyclic) bond motifs is 1. The van der Waals surface area contributed by atoms with E-state index in [1.165, 1.54) is 18.2 Å². The summed E-state index contributed by atoms with van der Waals surface area (Å²) in [6.07, 6.45) is 1.99. The Kier molecular flexibility index (Phi) is 6.17. The number of ether oxygens (including phenoxy) is 1. The van der Waals surface area contributed by atoms with Crippen LogP contribution in [0.25, 0.3) is 0 Å². The number of anilines is 1. The van der Waals surface area contributed by atoms with Gasteiger partial charge in [-0.2, -0.15) is 0 Å². The van der Waals surface area contributed by atoms with Crippen LogP contribution in [-0.4, -0.2) is 36.9 Å². The lowest BCUT2D eigenvalue weighted by molar-refractivity contribution is 0.0644. The van der Waals surface area contributed by atoms with Crippen LogP contribution in [0.3, 0.4) is 0 Å². The molecule has 3 aromatic rings. The summed E-state index contributed by atoms with van der Waals surface area (Å²) in [6.45, 7) is 5.53. The summed E-state index contributed by atoms with van der Waals surface area (Å²) >= 11 is 6.31. The van der Waals surface area contributed by atoms with Gasteiger partial charge in [0, 0.05) is 30.7 Å². The number of amides is 1. The van der Waals surface area contributed by atoms with Crippen LogP contribution < -0.4 is 9.46 Å². The molecule has 0 radical (unpaired) electrons. The Morgan fingerprint density at radius 1 is 1.16 bits per heavy atom. The first-order chi connectivity index (χ1) is 15.3. The van der Waals surface area contributed by atoms with Gasteiger partial charge in [0.15, 0.2) is 0 Å². The highest BCUT2D eigenvalue weighted by Gasteiger charge is 2.30. The zero-order valence-corrected chi connectivity index (χ0v) is 19.4. The van der Waals surface area contributed by atoms with Gasteiger partial charge in [0.25, 0.3) is 15.9 Å². The second kappa shape index (κ2) is 8.88. The predicted molar refractivity (Wildman–Crippen MR) is 124 cm³/mol. The largest absolute Gasteiger partial charge is 0.494 e. The number of hydrogen-bond acceptors (Lipinski definition) is 4. The second-order valence-electron chi connectivity index (χ2n) is 7.51. The van der Waals surface area contributed by atoms with E-state index in [9.17, 15) is 13.2 Å². The highest BCUT2D eigenvalue weighted by Crippen LogP contribution is 2.30. The number of nitrogens with one attached hydrogen (secondary N) is 1. The number of hydrogen-bond donors (Lipinski definition) is 1. The lowest BCUT2D eigenvalue weighted by Gasteiger charge is -2.35. The fourth-order valence-corrected chi connectivity index (χ4v) is 5.13. The molecule has 1 N–H and O–H groups in total. The minimum Gasteiger partial charge on any atom is -0.494 e. The van der Waals surface area contributed by atoms with Crippen molar-refractivity contribution in [2.45, 2.75) is 31.3 Å². The van der Waals surface area contributed by atoms with E-state index in [1.54, 1.807) is 29.2 Å². The Hall–Kier alpha value is -2.97. The van der Waals surface area contributed by atoms with Crippen LogP contribution in [0.15, 0.2) is 65.7 Å². The molecule has 1 unspecified atom stereocenters. The average molecular weight is 474 g/mol. The van der Waals surface area contributed by atoms with Crippen LogP contribution in [0.5, 0.6) is 5.75 Å². The third-order valence-corrected chi connectivity index (χ3v) is 7.21. The van der Waals surface area contributed by atoms with Crippen molar-refractivity contribution >= 4 is 33.2 Å². The third-order valence-electron chi connectivity index (χ3n) is 5.50. The van der Waals surface area contributed by atoms with Crippen LogP contribution in [0.1, 0.15) is 35.9 Å². The van der Waals surface area contributed by atoms with Gasteiger partial charge in [0.2, 0.25) is 0 Å². The maximum absolute atomic E-state index is 13.3. The number of halogens is 1. The minimum absolute atomic E-state index is 0.0350. The molecule has 1 aromatic heterocycles. The zero-order valence-electron chi connectivity index (χ0n) is 17.8. The first-order valence-corrected chi connectivity index (χ1v) is 12.2. The van der Waals surface area contributed by atoms with E-state index < -0.39 is 10.0 Å². The lowest BCUT2D eigenvalue weighted by Crippen LogP contribution is -2.40. The number of rotatable bonds is 6. The third kappa shape index (κ3) is 4.33. The molecule has 1 aliphatic heterocycles. The van der Waals surface area contributed by atoms with E-state index in [0.717, 1.165) is 5.69 Å². The van der Waals surface area contributed by atoms with Crippen molar-refractivity contribution in [2.24, 2.45) is 0 Å². The molecule has 2 heterocycles. The number of sulfonamides is 1. The second-order valence-corrected chi connectivity index (χ2v) is 9.60. The molecule has 4 rings (SSSR count). The Balaban J connectivity index is 1.58. The molecular weight excluding hydrogens is 450 g/mol.